The zero-order chi connectivity index (χ0) is 35.8. The fourth-order valence-corrected chi connectivity index (χ4v) is 7.01. The van der Waals surface area contributed by atoms with Crippen LogP contribution in [0.1, 0.15) is 55.2 Å². The van der Waals surface area contributed by atoms with E-state index in [0.29, 0.717) is 57.3 Å². The molecular formula is C35H38ClIN6O7. The number of aromatic amines is 1. The highest BCUT2D eigenvalue weighted by atomic mass is 127. The fourth-order valence-electron chi connectivity index (χ4n) is 6.52. The van der Waals surface area contributed by atoms with Crippen molar-refractivity contribution in [3.05, 3.63) is 68.4 Å². The SMILES string of the molecule is COc1cc(OC)c(CN2CC3(CCCN(C(=O)OC(C)(C)C)C3)c3[nH]c(-c4ccnc(Oc5nc(Cl)ncc5I)c4)cc3C2=O)c(OC)c1. The van der Waals surface area contributed by atoms with Crippen LogP contribution in [0.3, 0.4) is 0 Å². The molecule has 6 rings (SSSR count). The second-order valence-electron chi connectivity index (χ2n) is 13.2. The molecule has 1 atom stereocenters. The summed E-state index contributed by atoms with van der Waals surface area (Å²) in [6.07, 6.45) is 4.25. The summed E-state index contributed by atoms with van der Waals surface area (Å²) in [7, 11) is 4.71. The molecule has 1 unspecified atom stereocenters. The van der Waals surface area contributed by atoms with E-state index >= 15 is 0 Å². The van der Waals surface area contributed by atoms with Gasteiger partial charge in [0.05, 0.1) is 42.6 Å². The predicted octanol–water partition coefficient (Wildman–Crippen LogP) is 6.87. The van der Waals surface area contributed by atoms with Crippen LogP contribution in [0, 0.1) is 3.57 Å². The number of H-pyrrole nitrogens is 1. The Morgan fingerprint density at radius 3 is 2.48 bits per heavy atom. The molecule has 1 aromatic carbocycles. The molecule has 1 N–H and O–H groups in total. The molecule has 1 fully saturated rings. The molecule has 13 nitrogen and oxygen atoms in total. The molecular weight excluding hydrogens is 779 g/mol. The lowest BCUT2D eigenvalue weighted by Crippen LogP contribution is -2.58. The topological polar surface area (TPSA) is 141 Å². The minimum absolute atomic E-state index is 0.0553. The van der Waals surface area contributed by atoms with Crippen molar-refractivity contribution in [1.29, 1.82) is 0 Å². The standard InChI is InChI=1S/C35H38ClIN6O7/c1-34(2,3)50-33(45)42-11-7-9-35(18-42)19-43(17-23-26(47-5)13-21(46-4)14-27(23)48-6)31(44)22-15-25(40-29(22)35)20-8-10-38-28(12-20)49-30-24(37)16-39-32(36)41-30/h8,10,12-16,40H,7,9,11,17-19H2,1-6H3. The van der Waals surface area contributed by atoms with Gasteiger partial charge in [-0.15, -0.1) is 0 Å². The van der Waals surface area contributed by atoms with E-state index in [1.54, 1.807) is 61.7 Å². The smallest absolute Gasteiger partial charge is 0.410 e. The van der Waals surface area contributed by atoms with E-state index in [9.17, 15) is 9.59 Å². The molecule has 3 aromatic heterocycles. The van der Waals surface area contributed by atoms with E-state index in [1.807, 2.05) is 32.9 Å². The Morgan fingerprint density at radius 2 is 1.80 bits per heavy atom. The van der Waals surface area contributed by atoms with Crippen molar-refractivity contribution in [2.24, 2.45) is 0 Å². The number of amides is 2. The van der Waals surface area contributed by atoms with Crippen molar-refractivity contribution < 1.29 is 33.3 Å². The molecule has 4 aromatic rings. The Balaban J connectivity index is 1.41. The molecule has 0 radical (unpaired) electrons. The minimum atomic E-state index is -0.654. The maximum absolute atomic E-state index is 14.4. The van der Waals surface area contributed by atoms with Crippen LogP contribution < -0.4 is 18.9 Å². The van der Waals surface area contributed by atoms with Crippen molar-refractivity contribution in [2.45, 2.75) is 51.2 Å². The van der Waals surface area contributed by atoms with Gasteiger partial charge >= 0.3 is 6.09 Å². The molecule has 15 heteroatoms. The summed E-state index contributed by atoms with van der Waals surface area (Å²) in [6, 6.07) is 8.99. The van der Waals surface area contributed by atoms with Gasteiger partial charge in [-0.05, 0) is 79.9 Å². The number of hydrogen-bond donors (Lipinski definition) is 1. The molecule has 50 heavy (non-hydrogen) atoms. The lowest BCUT2D eigenvalue weighted by molar-refractivity contribution is 0.00818. The number of nitrogens with zero attached hydrogens (tertiary/aromatic N) is 5. The maximum Gasteiger partial charge on any atom is 0.410 e. The van der Waals surface area contributed by atoms with Crippen molar-refractivity contribution in [2.75, 3.05) is 41.0 Å². The first-order valence-electron chi connectivity index (χ1n) is 15.9. The molecule has 5 heterocycles. The van der Waals surface area contributed by atoms with Crippen LogP contribution in [0.5, 0.6) is 29.0 Å². The first kappa shape index (κ1) is 35.5. The number of hydrogen-bond acceptors (Lipinski definition) is 10. The largest absolute Gasteiger partial charge is 0.496 e. The van der Waals surface area contributed by atoms with Crippen LogP contribution in [0.2, 0.25) is 5.28 Å². The first-order valence-corrected chi connectivity index (χ1v) is 17.4. The van der Waals surface area contributed by atoms with Gasteiger partial charge in [-0.1, -0.05) is 0 Å². The van der Waals surface area contributed by atoms with Crippen molar-refractivity contribution in [3.8, 4) is 40.3 Å². The summed E-state index contributed by atoms with van der Waals surface area (Å²) in [6.45, 7) is 7.00. The zero-order valence-corrected chi connectivity index (χ0v) is 31.5. The summed E-state index contributed by atoms with van der Waals surface area (Å²) in [4.78, 5) is 47.5. The normalized spacial score (nSPS) is 17.4. The molecule has 2 aliphatic rings. The Kier molecular flexibility index (Phi) is 10.0. The van der Waals surface area contributed by atoms with E-state index < -0.39 is 11.0 Å². The number of benzene rings is 1. The molecule has 0 bridgehead atoms. The van der Waals surface area contributed by atoms with E-state index in [4.69, 9.17) is 35.3 Å². The van der Waals surface area contributed by atoms with Crippen LogP contribution in [0.25, 0.3) is 11.3 Å². The fraction of sp³-hybridized carbons (Fsp3) is 0.400. The van der Waals surface area contributed by atoms with Crippen molar-refractivity contribution in [3.63, 3.8) is 0 Å². The van der Waals surface area contributed by atoms with Crippen LogP contribution in [0.4, 0.5) is 4.79 Å². The second kappa shape index (κ2) is 14.1. The van der Waals surface area contributed by atoms with E-state index in [0.717, 1.165) is 24.1 Å². The number of fused-ring (bicyclic) bond motifs is 2. The molecule has 0 aliphatic carbocycles. The number of carbonyl (C=O) groups excluding carboxylic acids is 2. The third-order valence-corrected chi connectivity index (χ3v) is 9.61. The molecule has 1 saturated heterocycles. The van der Waals surface area contributed by atoms with Gasteiger partial charge in [0.15, 0.2) is 0 Å². The number of aromatic nitrogens is 4. The van der Waals surface area contributed by atoms with Crippen LogP contribution in [0.15, 0.2) is 42.7 Å². The molecule has 264 valence electrons. The average Bonchev–Trinajstić information content (AvgIpc) is 3.55. The number of methoxy groups -OCH3 is 3. The number of nitrogens with one attached hydrogen (secondary N) is 1. The van der Waals surface area contributed by atoms with Gasteiger partial charge in [0.25, 0.3) is 5.91 Å². The molecule has 0 saturated carbocycles. The van der Waals surface area contributed by atoms with Crippen LogP contribution in [-0.4, -0.2) is 88.3 Å². The molecule has 2 amide bonds. The van der Waals surface area contributed by atoms with E-state index in [-0.39, 0.29) is 35.6 Å². The average molecular weight is 817 g/mol. The Bertz CT molecular complexity index is 1910. The number of piperidine rings is 1. The Labute approximate surface area is 308 Å². The molecule has 1 spiro atoms. The molecule has 2 aliphatic heterocycles. The number of rotatable bonds is 8. The van der Waals surface area contributed by atoms with E-state index in [1.165, 1.54) is 0 Å². The second-order valence-corrected chi connectivity index (χ2v) is 14.7. The lowest BCUT2D eigenvalue weighted by Gasteiger charge is -2.47. The van der Waals surface area contributed by atoms with Crippen molar-refractivity contribution >= 4 is 46.2 Å². The highest BCUT2D eigenvalue weighted by Crippen LogP contribution is 2.44. The summed E-state index contributed by atoms with van der Waals surface area (Å²) >= 11 is 8.07. The first-order chi connectivity index (χ1) is 23.8. The predicted molar refractivity (Wildman–Crippen MR) is 193 cm³/mol. The Hall–Kier alpha value is -4.31. The van der Waals surface area contributed by atoms with Gasteiger partial charge in [-0.3, -0.25) is 4.79 Å². The number of ether oxygens (including phenoxy) is 5. The highest BCUT2D eigenvalue weighted by Gasteiger charge is 2.48. The number of likely N-dealkylation sites (tertiary alicyclic amines) is 1. The summed E-state index contributed by atoms with van der Waals surface area (Å²) in [5.41, 5.74) is 2.15. The highest BCUT2D eigenvalue weighted by molar-refractivity contribution is 14.1. The van der Waals surface area contributed by atoms with E-state index in [2.05, 4.69) is 42.5 Å². The van der Waals surface area contributed by atoms with Crippen LogP contribution in [-0.2, 0) is 16.7 Å². The Morgan fingerprint density at radius 1 is 1.06 bits per heavy atom. The monoisotopic (exact) mass is 816 g/mol. The quantitative estimate of drug-likeness (QED) is 0.148. The minimum Gasteiger partial charge on any atom is -0.496 e. The third kappa shape index (κ3) is 7.26. The maximum atomic E-state index is 14.4. The number of halogens is 2. The van der Waals surface area contributed by atoms with Crippen molar-refractivity contribution in [1.82, 2.24) is 29.7 Å². The van der Waals surface area contributed by atoms with Gasteiger partial charge in [0.2, 0.25) is 17.0 Å². The summed E-state index contributed by atoms with van der Waals surface area (Å²) in [5.74, 6) is 2.04. The number of pyridine rings is 1. The van der Waals surface area contributed by atoms with Gasteiger partial charge in [-0.2, -0.15) is 4.98 Å². The summed E-state index contributed by atoms with van der Waals surface area (Å²) in [5, 5.41) is 0.0553. The van der Waals surface area contributed by atoms with Gasteiger partial charge in [0, 0.05) is 72.6 Å². The number of carbonyl (C=O) groups is 2. The lowest BCUT2D eigenvalue weighted by atomic mass is 9.73. The van der Waals surface area contributed by atoms with Gasteiger partial charge in [-0.25, -0.2) is 14.8 Å². The van der Waals surface area contributed by atoms with Gasteiger partial charge in [0.1, 0.15) is 22.8 Å². The zero-order valence-electron chi connectivity index (χ0n) is 28.6. The van der Waals surface area contributed by atoms with Crippen LogP contribution >= 0.6 is 34.2 Å². The van der Waals surface area contributed by atoms with Gasteiger partial charge < -0.3 is 38.5 Å². The third-order valence-electron chi connectivity index (χ3n) is 8.68. The summed E-state index contributed by atoms with van der Waals surface area (Å²) < 4.78 is 29.3.